The molecule has 78 valence electrons. The summed E-state index contributed by atoms with van der Waals surface area (Å²) in [5.74, 6) is -0.653. The van der Waals surface area contributed by atoms with Gasteiger partial charge in [0.05, 0.1) is 0 Å². The van der Waals surface area contributed by atoms with Crippen LogP contribution in [0.5, 0.6) is 0 Å². The molecule has 2 unspecified atom stereocenters. The van der Waals surface area contributed by atoms with Crippen LogP contribution in [0, 0.1) is 17.6 Å². The van der Waals surface area contributed by atoms with E-state index in [9.17, 15) is 8.78 Å². The zero-order valence-corrected chi connectivity index (χ0v) is 9.81. The zero-order chi connectivity index (χ0) is 10.7. The zero-order valence-electron chi connectivity index (χ0n) is 8.23. The van der Waals surface area contributed by atoms with Crippen LogP contribution in [-0.4, -0.2) is 4.83 Å². The second-order valence-corrected chi connectivity index (χ2v) is 5.08. The molecule has 0 bridgehead atoms. The predicted molar refractivity (Wildman–Crippen MR) is 57.6 cm³/mol. The Labute approximate surface area is 91.5 Å². The fourth-order valence-electron chi connectivity index (χ4n) is 1.26. The quantitative estimate of drug-likeness (QED) is 0.725. The number of alkyl halides is 1. The van der Waals surface area contributed by atoms with Gasteiger partial charge in [0.25, 0.3) is 0 Å². The Morgan fingerprint density at radius 3 is 2.07 bits per heavy atom. The highest BCUT2D eigenvalue weighted by Gasteiger charge is 2.10. The van der Waals surface area contributed by atoms with Crippen molar-refractivity contribution >= 4 is 15.9 Å². The van der Waals surface area contributed by atoms with E-state index >= 15 is 0 Å². The number of hydrogen-bond donors (Lipinski definition) is 0. The summed E-state index contributed by atoms with van der Waals surface area (Å²) in [6.45, 7) is 4.07. The average Bonchev–Trinajstić information content (AvgIpc) is 2.01. The third kappa shape index (κ3) is 3.37. The van der Waals surface area contributed by atoms with Gasteiger partial charge in [0.1, 0.15) is 11.6 Å². The Kier molecular flexibility index (Phi) is 4.05. The highest BCUT2D eigenvalue weighted by Crippen LogP contribution is 2.18. The van der Waals surface area contributed by atoms with Crippen molar-refractivity contribution in [2.24, 2.45) is 5.92 Å². The first-order valence-corrected chi connectivity index (χ1v) is 5.49. The first-order chi connectivity index (χ1) is 6.49. The lowest BCUT2D eigenvalue weighted by molar-refractivity contribution is 0.556. The van der Waals surface area contributed by atoms with Crippen LogP contribution in [-0.2, 0) is 6.42 Å². The molecule has 1 aromatic rings. The molecule has 1 aromatic carbocycles. The molecule has 1 rings (SSSR count). The second-order valence-electron chi connectivity index (χ2n) is 3.64. The molecule has 0 aliphatic rings. The van der Waals surface area contributed by atoms with Crippen LogP contribution in [0.2, 0.25) is 0 Å². The molecule has 3 heteroatoms. The molecule has 0 nitrogen and oxygen atoms in total. The van der Waals surface area contributed by atoms with Crippen molar-refractivity contribution in [3.05, 3.63) is 35.4 Å². The van der Waals surface area contributed by atoms with E-state index in [-0.39, 0.29) is 0 Å². The van der Waals surface area contributed by atoms with E-state index < -0.39 is 11.6 Å². The van der Waals surface area contributed by atoms with Gasteiger partial charge in [-0.2, -0.15) is 0 Å². The topological polar surface area (TPSA) is 0 Å². The van der Waals surface area contributed by atoms with Crippen molar-refractivity contribution in [3.63, 3.8) is 0 Å². The molecule has 0 heterocycles. The molecule has 0 radical (unpaired) electrons. The van der Waals surface area contributed by atoms with Gasteiger partial charge in [0.2, 0.25) is 0 Å². The number of halogens is 3. The van der Waals surface area contributed by atoms with E-state index in [1.807, 2.05) is 13.8 Å². The lowest BCUT2D eigenvalue weighted by Gasteiger charge is -2.13. The molecule has 0 fully saturated rings. The second kappa shape index (κ2) is 4.87. The van der Waals surface area contributed by atoms with Crippen molar-refractivity contribution < 1.29 is 8.78 Å². The molecule has 2 atom stereocenters. The fourth-order valence-corrected chi connectivity index (χ4v) is 1.45. The maximum absolute atomic E-state index is 12.8. The van der Waals surface area contributed by atoms with Crippen LogP contribution in [0.15, 0.2) is 18.2 Å². The van der Waals surface area contributed by atoms with E-state index in [4.69, 9.17) is 0 Å². The van der Waals surface area contributed by atoms with Crippen LogP contribution >= 0.6 is 15.9 Å². The van der Waals surface area contributed by atoms with Gasteiger partial charge in [-0.15, -0.1) is 0 Å². The predicted octanol–water partition coefficient (Wildman–Crippen LogP) is 3.93. The first kappa shape index (κ1) is 11.6. The number of rotatable bonds is 3. The molecule has 0 saturated heterocycles. The van der Waals surface area contributed by atoms with Gasteiger partial charge in [0.15, 0.2) is 0 Å². The Balaban J connectivity index is 2.76. The molecule has 0 N–H and O–H groups in total. The van der Waals surface area contributed by atoms with E-state index in [1.54, 1.807) is 0 Å². The molecule has 0 amide bonds. The highest BCUT2D eigenvalue weighted by atomic mass is 79.9. The smallest absolute Gasteiger partial charge is 0.126 e. The van der Waals surface area contributed by atoms with Crippen molar-refractivity contribution in [3.8, 4) is 0 Å². The minimum absolute atomic E-state index is 0.342. The SMILES string of the molecule is CC(Br)C(C)Cc1cc(F)cc(F)c1. The maximum atomic E-state index is 12.8. The molecule has 0 aliphatic heterocycles. The Bertz CT molecular complexity index is 290. The minimum atomic E-state index is -0.505. The molecule has 0 aliphatic carbocycles. The standard InChI is InChI=1S/C11H13BrF2/c1-7(8(2)12)3-9-4-10(13)6-11(14)5-9/h4-8H,3H2,1-2H3. The van der Waals surface area contributed by atoms with Crippen molar-refractivity contribution in [2.45, 2.75) is 25.1 Å². The average molecular weight is 263 g/mol. The van der Waals surface area contributed by atoms with Gasteiger partial charge in [-0.3, -0.25) is 0 Å². The van der Waals surface area contributed by atoms with E-state index in [2.05, 4.69) is 15.9 Å². The van der Waals surface area contributed by atoms with Gasteiger partial charge in [-0.1, -0.05) is 29.8 Å². The van der Waals surface area contributed by atoms with Crippen LogP contribution < -0.4 is 0 Å². The summed E-state index contributed by atoms with van der Waals surface area (Å²) >= 11 is 3.45. The van der Waals surface area contributed by atoms with E-state index in [0.29, 0.717) is 22.7 Å². The van der Waals surface area contributed by atoms with Crippen molar-refractivity contribution in [2.75, 3.05) is 0 Å². The lowest BCUT2D eigenvalue weighted by Crippen LogP contribution is -2.10. The van der Waals surface area contributed by atoms with Crippen LogP contribution in [0.3, 0.4) is 0 Å². The minimum Gasteiger partial charge on any atom is -0.207 e. The maximum Gasteiger partial charge on any atom is 0.126 e. The van der Waals surface area contributed by atoms with Crippen LogP contribution in [0.1, 0.15) is 19.4 Å². The summed E-state index contributed by atoms with van der Waals surface area (Å²) in [7, 11) is 0. The molecule has 0 aromatic heterocycles. The number of hydrogen-bond acceptors (Lipinski definition) is 0. The van der Waals surface area contributed by atoms with Crippen molar-refractivity contribution in [1.82, 2.24) is 0 Å². The van der Waals surface area contributed by atoms with Gasteiger partial charge < -0.3 is 0 Å². The van der Waals surface area contributed by atoms with E-state index in [0.717, 1.165) is 6.07 Å². The number of benzene rings is 1. The highest BCUT2D eigenvalue weighted by molar-refractivity contribution is 9.09. The largest absolute Gasteiger partial charge is 0.207 e. The summed E-state index contributed by atoms with van der Waals surface area (Å²) in [6, 6.07) is 3.66. The lowest BCUT2D eigenvalue weighted by atomic mass is 9.99. The fraction of sp³-hybridized carbons (Fsp3) is 0.455. The van der Waals surface area contributed by atoms with Gasteiger partial charge in [-0.25, -0.2) is 8.78 Å². The normalized spacial score (nSPS) is 15.2. The third-order valence-corrected chi connectivity index (χ3v) is 3.17. The third-order valence-electron chi connectivity index (χ3n) is 2.26. The summed E-state index contributed by atoms with van der Waals surface area (Å²) < 4.78 is 25.7. The van der Waals surface area contributed by atoms with Gasteiger partial charge >= 0.3 is 0 Å². The molecular formula is C11H13BrF2. The van der Waals surface area contributed by atoms with Gasteiger partial charge in [-0.05, 0) is 30.0 Å². The summed E-state index contributed by atoms with van der Waals surface area (Å²) in [5, 5.41) is 0. The Morgan fingerprint density at radius 1 is 1.14 bits per heavy atom. The van der Waals surface area contributed by atoms with Crippen molar-refractivity contribution in [1.29, 1.82) is 0 Å². The van der Waals surface area contributed by atoms with E-state index in [1.165, 1.54) is 12.1 Å². The summed E-state index contributed by atoms with van der Waals surface area (Å²) in [4.78, 5) is 0.342. The first-order valence-electron chi connectivity index (χ1n) is 4.58. The Morgan fingerprint density at radius 2 is 1.64 bits per heavy atom. The van der Waals surface area contributed by atoms with Crippen LogP contribution in [0.4, 0.5) is 8.78 Å². The van der Waals surface area contributed by atoms with Gasteiger partial charge in [0, 0.05) is 10.9 Å². The molecular weight excluding hydrogens is 250 g/mol. The molecule has 0 spiro atoms. The summed E-state index contributed by atoms with van der Waals surface area (Å²) in [5.41, 5.74) is 0.710. The molecule has 0 saturated carbocycles. The monoisotopic (exact) mass is 262 g/mol. The Hall–Kier alpha value is -0.440. The summed E-state index contributed by atoms with van der Waals surface area (Å²) in [6.07, 6.45) is 0.682. The van der Waals surface area contributed by atoms with Crippen LogP contribution in [0.25, 0.3) is 0 Å². The molecule has 14 heavy (non-hydrogen) atoms.